The molecule has 112 valence electrons. The van der Waals surface area contributed by atoms with E-state index in [0.717, 1.165) is 11.3 Å². The first kappa shape index (κ1) is 16.3. The molecule has 1 rings (SSSR count). The van der Waals surface area contributed by atoms with Crippen LogP contribution in [0, 0.1) is 0 Å². The van der Waals surface area contributed by atoms with Crippen molar-refractivity contribution in [2.24, 2.45) is 0 Å². The summed E-state index contributed by atoms with van der Waals surface area (Å²) < 4.78 is 36.4. The van der Waals surface area contributed by atoms with E-state index < -0.39 is 18.5 Å². The van der Waals surface area contributed by atoms with Crippen LogP contribution >= 0.6 is 0 Å². The number of carbonyl (C=O) groups excluding carboxylic acids is 1. The van der Waals surface area contributed by atoms with Crippen molar-refractivity contribution in [3.63, 3.8) is 0 Å². The quantitative estimate of drug-likeness (QED) is 0.875. The van der Waals surface area contributed by atoms with Crippen molar-refractivity contribution in [2.75, 3.05) is 25.5 Å². The first-order valence-electron chi connectivity index (χ1n) is 6.35. The van der Waals surface area contributed by atoms with Gasteiger partial charge < -0.3 is 10.2 Å². The number of pyridine rings is 1. The minimum Gasteiger partial charge on any atom is -0.370 e. The highest BCUT2D eigenvalue weighted by atomic mass is 19.4. The summed E-state index contributed by atoms with van der Waals surface area (Å²) in [6.07, 6.45) is -2.91. The van der Waals surface area contributed by atoms with Crippen LogP contribution in [0.15, 0.2) is 18.3 Å². The largest absolute Gasteiger partial charge is 0.390 e. The molecule has 0 aliphatic rings. The molecule has 0 aliphatic carbocycles. The van der Waals surface area contributed by atoms with Crippen molar-refractivity contribution in [3.8, 4) is 0 Å². The van der Waals surface area contributed by atoms with Crippen LogP contribution in [0.3, 0.4) is 0 Å². The maximum Gasteiger partial charge on any atom is 0.390 e. The minimum absolute atomic E-state index is 0.322. The van der Waals surface area contributed by atoms with Crippen LogP contribution in [-0.4, -0.2) is 42.1 Å². The van der Waals surface area contributed by atoms with Gasteiger partial charge in [0.25, 0.3) is 5.91 Å². The van der Waals surface area contributed by atoms with Crippen molar-refractivity contribution in [1.82, 2.24) is 9.88 Å². The Morgan fingerprint density at radius 3 is 2.75 bits per heavy atom. The fraction of sp³-hybridized carbons (Fsp3) is 0.538. The highest BCUT2D eigenvalue weighted by molar-refractivity contribution is 5.94. The van der Waals surface area contributed by atoms with Crippen LogP contribution in [-0.2, 0) is 0 Å². The Hall–Kier alpha value is -1.79. The smallest absolute Gasteiger partial charge is 0.370 e. The molecule has 0 unspecified atom stereocenters. The average molecular weight is 289 g/mol. The zero-order valence-electron chi connectivity index (χ0n) is 11.5. The van der Waals surface area contributed by atoms with Crippen LogP contribution in [0.2, 0.25) is 0 Å². The molecule has 0 saturated carbocycles. The summed E-state index contributed by atoms with van der Waals surface area (Å²) in [7, 11) is 1.35. The second kappa shape index (κ2) is 7.12. The van der Waals surface area contributed by atoms with Gasteiger partial charge in [-0.3, -0.25) is 4.79 Å². The third-order valence-electron chi connectivity index (χ3n) is 2.64. The van der Waals surface area contributed by atoms with Crippen molar-refractivity contribution >= 4 is 11.7 Å². The summed E-state index contributed by atoms with van der Waals surface area (Å²) in [5, 5.41) is 3.02. The number of nitrogens with one attached hydrogen (secondary N) is 1. The van der Waals surface area contributed by atoms with Gasteiger partial charge in [-0.25, -0.2) is 4.98 Å². The molecule has 0 atom stereocenters. The lowest BCUT2D eigenvalue weighted by atomic mass is 10.2. The van der Waals surface area contributed by atoms with Crippen LogP contribution in [0.1, 0.15) is 30.1 Å². The van der Waals surface area contributed by atoms with Gasteiger partial charge in [0, 0.05) is 31.9 Å². The number of hydrogen-bond donors (Lipinski definition) is 1. The Kier molecular flexibility index (Phi) is 5.79. The third kappa shape index (κ3) is 5.46. The molecule has 1 aromatic rings. The standard InChI is InChI=1S/C13H18F3N3O/c1-3-6-17-11-9-10(4-7-18-11)12(20)19(2)8-5-13(14,15)16/h4,7,9H,3,5-6,8H2,1-2H3,(H,17,18). The van der Waals surface area contributed by atoms with Crippen LogP contribution < -0.4 is 5.32 Å². The average Bonchev–Trinajstić information content (AvgIpc) is 2.41. The summed E-state index contributed by atoms with van der Waals surface area (Å²) in [6.45, 7) is 2.35. The van der Waals surface area contributed by atoms with Crippen molar-refractivity contribution in [1.29, 1.82) is 0 Å². The summed E-state index contributed by atoms with van der Waals surface area (Å²) in [5.74, 6) is 0.0955. The molecule has 1 heterocycles. The first-order valence-corrected chi connectivity index (χ1v) is 6.35. The van der Waals surface area contributed by atoms with Crippen LogP contribution in [0.25, 0.3) is 0 Å². The minimum atomic E-state index is -4.26. The van der Waals surface area contributed by atoms with Crippen LogP contribution in [0.5, 0.6) is 0 Å². The molecule has 1 N–H and O–H groups in total. The van der Waals surface area contributed by atoms with E-state index in [1.165, 1.54) is 19.3 Å². The molecule has 0 bridgehead atoms. The number of aromatic nitrogens is 1. The summed E-state index contributed by atoms with van der Waals surface area (Å²) >= 11 is 0. The topological polar surface area (TPSA) is 45.2 Å². The molecule has 0 spiro atoms. The van der Waals surface area contributed by atoms with E-state index in [-0.39, 0.29) is 6.54 Å². The number of halogens is 3. The van der Waals surface area contributed by atoms with E-state index in [1.807, 2.05) is 6.92 Å². The monoisotopic (exact) mass is 289 g/mol. The van der Waals surface area contributed by atoms with Crippen LogP contribution in [0.4, 0.5) is 19.0 Å². The second-order valence-electron chi connectivity index (χ2n) is 4.45. The van der Waals surface area contributed by atoms with Gasteiger partial charge in [0.2, 0.25) is 0 Å². The van der Waals surface area contributed by atoms with Gasteiger partial charge in [-0.15, -0.1) is 0 Å². The molecular formula is C13H18F3N3O. The fourth-order valence-electron chi connectivity index (χ4n) is 1.53. The van der Waals surface area contributed by atoms with E-state index in [9.17, 15) is 18.0 Å². The molecule has 0 radical (unpaired) electrons. The predicted molar refractivity (Wildman–Crippen MR) is 70.7 cm³/mol. The lowest BCUT2D eigenvalue weighted by Crippen LogP contribution is -2.30. The molecule has 0 fully saturated rings. The van der Waals surface area contributed by atoms with Crippen molar-refractivity contribution < 1.29 is 18.0 Å². The Morgan fingerprint density at radius 2 is 2.15 bits per heavy atom. The second-order valence-corrected chi connectivity index (χ2v) is 4.45. The maximum atomic E-state index is 12.1. The highest BCUT2D eigenvalue weighted by Crippen LogP contribution is 2.20. The van der Waals surface area contributed by atoms with E-state index in [2.05, 4.69) is 10.3 Å². The van der Waals surface area contributed by atoms with Gasteiger partial charge in [-0.05, 0) is 18.6 Å². The third-order valence-corrected chi connectivity index (χ3v) is 2.64. The van der Waals surface area contributed by atoms with Crippen molar-refractivity contribution in [3.05, 3.63) is 23.9 Å². The number of amides is 1. The van der Waals surface area contributed by atoms with E-state index >= 15 is 0 Å². The molecule has 1 aromatic heterocycles. The van der Waals surface area contributed by atoms with Gasteiger partial charge in [0.15, 0.2) is 0 Å². The number of anilines is 1. The van der Waals surface area contributed by atoms with Gasteiger partial charge in [0.1, 0.15) is 5.82 Å². The fourth-order valence-corrected chi connectivity index (χ4v) is 1.53. The Bertz CT molecular complexity index is 449. The zero-order valence-corrected chi connectivity index (χ0v) is 11.5. The maximum absolute atomic E-state index is 12.1. The SMILES string of the molecule is CCCNc1cc(C(=O)N(C)CCC(F)(F)F)ccn1. The van der Waals surface area contributed by atoms with Gasteiger partial charge in [0.05, 0.1) is 6.42 Å². The first-order chi connectivity index (χ1) is 9.33. The molecule has 7 heteroatoms. The van der Waals surface area contributed by atoms with Gasteiger partial charge in [-0.2, -0.15) is 13.2 Å². The van der Waals surface area contributed by atoms with E-state index in [1.54, 1.807) is 6.07 Å². The molecule has 4 nitrogen and oxygen atoms in total. The molecule has 0 aliphatic heterocycles. The number of rotatable bonds is 6. The molecular weight excluding hydrogens is 271 g/mol. The lowest BCUT2D eigenvalue weighted by Gasteiger charge is -2.18. The Labute approximate surface area is 116 Å². The molecule has 0 aromatic carbocycles. The van der Waals surface area contributed by atoms with Crippen molar-refractivity contribution in [2.45, 2.75) is 25.9 Å². The van der Waals surface area contributed by atoms with Gasteiger partial charge >= 0.3 is 6.18 Å². The normalized spacial score (nSPS) is 11.2. The molecule has 0 saturated heterocycles. The van der Waals surface area contributed by atoms with Gasteiger partial charge in [-0.1, -0.05) is 6.92 Å². The summed E-state index contributed by atoms with van der Waals surface area (Å²) in [4.78, 5) is 17.1. The predicted octanol–water partition coefficient (Wildman–Crippen LogP) is 2.93. The number of carbonyl (C=O) groups is 1. The number of nitrogens with zero attached hydrogens (tertiary/aromatic N) is 2. The lowest BCUT2D eigenvalue weighted by molar-refractivity contribution is -0.136. The Balaban J connectivity index is 2.66. The summed E-state index contributed by atoms with van der Waals surface area (Å²) in [5.41, 5.74) is 0.322. The molecule has 20 heavy (non-hydrogen) atoms. The summed E-state index contributed by atoms with van der Waals surface area (Å²) in [6, 6.07) is 3.03. The van der Waals surface area contributed by atoms with E-state index in [4.69, 9.17) is 0 Å². The molecule has 1 amide bonds. The zero-order chi connectivity index (χ0) is 15.2. The van der Waals surface area contributed by atoms with E-state index in [0.29, 0.717) is 17.9 Å². The highest BCUT2D eigenvalue weighted by Gasteiger charge is 2.28. The Morgan fingerprint density at radius 1 is 1.45 bits per heavy atom. The number of hydrogen-bond acceptors (Lipinski definition) is 3. The number of alkyl halides is 3.